The molecule has 30 heavy (non-hydrogen) atoms. The molecule has 0 atom stereocenters. The van der Waals surface area contributed by atoms with Crippen LogP contribution >= 0.6 is 11.6 Å². The van der Waals surface area contributed by atoms with Gasteiger partial charge in [0.25, 0.3) is 5.91 Å². The van der Waals surface area contributed by atoms with Crippen LogP contribution in [0.5, 0.6) is 5.75 Å². The first kappa shape index (κ1) is 23.5. The van der Waals surface area contributed by atoms with Crippen LogP contribution in [0.4, 0.5) is 4.39 Å². The molecule has 0 heterocycles. The minimum atomic E-state index is -0.507. The quantitative estimate of drug-likeness (QED) is 0.418. The first-order valence-corrected chi connectivity index (χ1v) is 9.99. The highest BCUT2D eigenvalue weighted by Crippen LogP contribution is 2.29. The SMILES string of the molecule is CN=C(NCCc1ccc(OCC(N)=O)cc1)NCC(C)(C)c1ccc(F)cc1Cl. The normalized spacial score (nSPS) is 11.8. The van der Waals surface area contributed by atoms with Crippen molar-refractivity contribution >= 4 is 23.5 Å². The molecule has 0 radical (unpaired) electrons. The van der Waals surface area contributed by atoms with Crippen LogP contribution in [0.3, 0.4) is 0 Å². The van der Waals surface area contributed by atoms with E-state index in [0.717, 1.165) is 17.5 Å². The summed E-state index contributed by atoms with van der Waals surface area (Å²) >= 11 is 6.22. The van der Waals surface area contributed by atoms with Crippen LogP contribution in [0.2, 0.25) is 5.02 Å². The van der Waals surface area contributed by atoms with E-state index in [0.29, 0.717) is 29.8 Å². The highest BCUT2D eigenvalue weighted by atomic mass is 35.5. The number of nitrogens with two attached hydrogens (primary N) is 1. The number of carbonyl (C=O) groups is 1. The van der Waals surface area contributed by atoms with Crippen LogP contribution in [0.25, 0.3) is 0 Å². The summed E-state index contributed by atoms with van der Waals surface area (Å²) in [6, 6.07) is 11.9. The van der Waals surface area contributed by atoms with Gasteiger partial charge in [0.1, 0.15) is 11.6 Å². The number of rotatable bonds is 9. The van der Waals surface area contributed by atoms with Crippen molar-refractivity contribution in [1.29, 1.82) is 0 Å². The summed E-state index contributed by atoms with van der Waals surface area (Å²) in [6.45, 7) is 5.19. The first-order chi connectivity index (χ1) is 14.2. The number of amides is 1. The van der Waals surface area contributed by atoms with E-state index in [2.05, 4.69) is 15.6 Å². The zero-order valence-corrected chi connectivity index (χ0v) is 18.2. The molecule has 0 unspecified atom stereocenters. The number of carbonyl (C=O) groups excluding carboxylic acids is 1. The van der Waals surface area contributed by atoms with Gasteiger partial charge in [-0.25, -0.2) is 4.39 Å². The summed E-state index contributed by atoms with van der Waals surface area (Å²) in [6.07, 6.45) is 0.782. The van der Waals surface area contributed by atoms with Crippen molar-refractivity contribution in [2.75, 3.05) is 26.7 Å². The molecule has 0 spiro atoms. The number of nitrogens with one attached hydrogen (secondary N) is 2. The highest BCUT2D eigenvalue weighted by Gasteiger charge is 2.24. The largest absolute Gasteiger partial charge is 0.484 e. The van der Waals surface area contributed by atoms with Gasteiger partial charge in [0.15, 0.2) is 12.6 Å². The van der Waals surface area contributed by atoms with Gasteiger partial charge in [-0.15, -0.1) is 0 Å². The molecular weight excluding hydrogens is 407 g/mol. The fourth-order valence-electron chi connectivity index (χ4n) is 2.89. The predicted molar refractivity (Wildman–Crippen MR) is 119 cm³/mol. The molecule has 1 amide bonds. The summed E-state index contributed by atoms with van der Waals surface area (Å²) in [5.41, 5.74) is 6.73. The molecule has 162 valence electrons. The molecule has 4 N–H and O–H groups in total. The number of hydrogen-bond acceptors (Lipinski definition) is 3. The van der Waals surface area contributed by atoms with Crippen LogP contribution in [0, 0.1) is 5.82 Å². The van der Waals surface area contributed by atoms with E-state index in [1.807, 2.05) is 26.0 Å². The zero-order valence-electron chi connectivity index (χ0n) is 17.5. The number of halogens is 2. The lowest BCUT2D eigenvalue weighted by Crippen LogP contribution is -2.44. The molecule has 0 aliphatic heterocycles. The van der Waals surface area contributed by atoms with E-state index in [4.69, 9.17) is 22.1 Å². The molecule has 2 aromatic carbocycles. The molecule has 0 saturated heterocycles. The summed E-state index contributed by atoms with van der Waals surface area (Å²) < 4.78 is 18.6. The van der Waals surface area contributed by atoms with Crippen molar-refractivity contribution in [2.45, 2.75) is 25.7 Å². The maximum Gasteiger partial charge on any atom is 0.255 e. The zero-order chi connectivity index (χ0) is 22.1. The molecule has 2 rings (SSSR count). The van der Waals surface area contributed by atoms with Gasteiger partial charge in [0.2, 0.25) is 0 Å². The van der Waals surface area contributed by atoms with Crippen molar-refractivity contribution in [2.24, 2.45) is 10.7 Å². The Kier molecular flexibility index (Phi) is 8.47. The van der Waals surface area contributed by atoms with Crippen LogP contribution in [-0.2, 0) is 16.6 Å². The third kappa shape index (κ3) is 7.22. The van der Waals surface area contributed by atoms with Crippen LogP contribution in [-0.4, -0.2) is 38.6 Å². The van der Waals surface area contributed by atoms with Crippen molar-refractivity contribution in [3.05, 3.63) is 64.4 Å². The molecule has 8 heteroatoms. The second-order valence-electron chi connectivity index (χ2n) is 7.51. The van der Waals surface area contributed by atoms with Gasteiger partial charge in [-0.2, -0.15) is 0 Å². The molecule has 0 aliphatic rings. The average Bonchev–Trinajstić information content (AvgIpc) is 2.69. The van der Waals surface area contributed by atoms with E-state index >= 15 is 0 Å². The molecule has 0 aliphatic carbocycles. The van der Waals surface area contributed by atoms with Gasteiger partial charge in [-0.05, 0) is 41.8 Å². The minimum absolute atomic E-state index is 0.137. The van der Waals surface area contributed by atoms with Gasteiger partial charge in [-0.1, -0.05) is 43.6 Å². The second-order valence-corrected chi connectivity index (χ2v) is 7.92. The van der Waals surface area contributed by atoms with Crippen molar-refractivity contribution in [1.82, 2.24) is 10.6 Å². The Morgan fingerprint density at radius 2 is 1.90 bits per heavy atom. The maximum atomic E-state index is 13.3. The molecule has 6 nitrogen and oxygen atoms in total. The number of nitrogens with zero attached hydrogens (tertiary/aromatic N) is 1. The van der Waals surface area contributed by atoms with Crippen molar-refractivity contribution in [3.63, 3.8) is 0 Å². The topological polar surface area (TPSA) is 88.7 Å². The minimum Gasteiger partial charge on any atom is -0.484 e. The van der Waals surface area contributed by atoms with Crippen LogP contribution in [0.1, 0.15) is 25.0 Å². The van der Waals surface area contributed by atoms with Crippen molar-refractivity contribution < 1.29 is 13.9 Å². The molecular formula is C22H28ClFN4O2. The van der Waals surface area contributed by atoms with E-state index in [1.54, 1.807) is 25.2 Å². The monoisotopic (exact) mass is 434 g/mol. The second kappa shape index (κ2) is 10.8. The van der Waals surface area contributed by atoms with E-state index < -0.39 is 5.91 Å². The Morgan fingerprint density at radius 3 is 2.50 bits per heavy atom. The molecule has 2 aromatic rings. The Labute approximate surface area is 181 Å². The van der Waals surface area contributed by atoms with Gasteiger partial charge in [-0.3, -0.25) is 9.79 Å². The first-order valence-electron chi connectivity index (χ1n) is 9.61. The lowest BCUT2D eigenvalue weighted by Gasteiger charge is -2.27. The molecule has 0 saturated carbocycles. The lowest BCUT2D eigenvalue weighted by molar-refractivity contribution is -0.119. The summed E-state index contributed by atoms with van der Waals surface area (Å²) in [5.74, 6) is 0.414. The van der Waals surface area contributed by atoms with Gasteiger partial charge in [0.05, 0.1) is 0 Å². The van der Waals surface area contributed by atoms with Crippen molar-refractivity contribution in [3.8, 4) is 5.75 Å². The molecule has 0 fully saturated rings. The predicted octanol–water partition coefficient (Wildman–Crippen LogP) is 3.03. The summed E-state index contributed by atoms with van der Waals surface area (Å²) in [4.78, 5) is 15.0. The van der Waals surface area contributed by atoms with E-state index in [9.17, 15) is 9.18 Å². The number of guanidine groups is 1. The third-order valence-electron chi connectivity index (χ3n) is 4.59. The van der Waals surface area contributed by atoms with E-state index in [1.165, 1.54) is 12.1 Å². The number of primary amides is 1. The number of hydrogen-bond donors (Lipinski definition) is 3. The lowest BCUT2D eigenvalue weighted by atomic mass is 9.84. The molecule has 0 bridgehead atoms. The Hall–Kier alpha value is -2.80. The summed E-state index contributed by atoms with van der Waals surface area (Å²) in [7, 11) is 1.71. The fraction of sp³-hybridized carbons (Fsp3) is 0.364. The Morgan fingerprint density at radius 1 is 1.20 bits per heavy atom. The maximum absolute atomic E-state index is 13.3. The Bertz CT molecular complexity index is 885. The average molecular weight is 435 g/mol. The molecule has 0 aromatic heterocycles. The number of benzene rings is 2. The third-order valence-corrected chi connectivity index (χ3v) is 4.90. The van der Waals surface area contributed by atoms with Crippen LogP contribution < -0.4 is 21.1 Å². The highest BCUT2D eigenvalue weighted by molar-refractivity contribution is 6.31. The van der Waals surface area contributed by atoms with E-state index in [-0.39, 0.29) is 17.8 Å². The standard InChI is InChI=1S/C22H28ClFN4O2/c1-22(2,18-9-6-16(24)12-19(18)23)14-28-21(26-3)27-11-10-15-4-7-17(8-5-15)30-13-20(25)29/h4-9,12H,10-11,13-14H2,1-3H3,(H2,25,29)(H2,26,27,28). The number of aliphatic imine (C=N–C) groups is 1. The number of ether oxygens (including phenoxy) is 1. The smallest absolute Gasteiger partial charge is 0.255 e. The Balaban J connectivity index is 1.82. The fourth-order valence-corrected chi connectivity index (χ4v) is 3.31. The van der Waals surface area contributed by atoms with Gasteiger partial charge in [0, 0.05) is 30.6 Å². The van der Waals surface area contributed by atoms with Gasteiger partial charge >= 0.3 is 0 Å². The summed E-state index contributed by atoms with van der Waals surface area (Å²) in [5, 5.41) is 6.98. The van der Waals surface area contributed by atoms with Gasteiger partial charge < -0.3 is 21.1 Å². The van der Waals surface area contributed by atoms with Crippen LogP contribution in [0.15, 0.2) is 47.5 Å².